The van der Waals surface area contributed by atoms with Gasteiger partial charge in [0.05, 0.1) is 13.7 Å². The Kier molecular flexibility index (Phi) is 8.21. The monoisotopic (exact) mass is 445 g/mol. The number of carbonyl (C=O) groups is 1. The maximum Gasteiger partial charge on any atom is 0.410 e. The van der Waals surface area contributed by atoms with Crippen LogP contribution in [0.1, 0.15) is 58.9 Å². The fraction of sp³-hybridized carbons (Fsp3) is 0.708. The van der Waals surface area contributed by atoms with Gasteiger partial charge < -0.3 is 24.6 Å². The van der Waals surface area contributed by atoms with Crippen LogP contribution in [0.25, 0.3) is 0 Å². The van der Waals surface area contributed by atoms with Crippen molar-refractivity contribution in [2.45, 2.75) is 71.6 Å². The topological polar surface area (TPSA) is 79.3 Å². The number of ether oxygens (including phenoxy) is 2. The van der Waals surface area contributed by atoms with Crippen molar-refractivity contribution >= 4 is 12.1 Å². The SMILES string of the molecule is CCNC(=NCc1cccnc1OC)N1CCC(N(CC2CC2)C(=O)OC(C)(C)C)CC1. The second-order valence-corrected chi connectivity index (χ2v) is 9.64. The van der Waals surface area contributed by atoms with E-state index in [1.165, 1.54) is 12.8 Å². The fourth-order valence-electron chi connectivity index (χ4n) is 3.98. The molecule has 0 bridgehead atoms. The molecule has 8 heteroatoms. The molecule has 0 aromatic carbocycles. The number of guanidine groups is 1. The molecule has 1 saturated heterocycles. The third-order valence-corrected chi connectivity index (χ3v) is 5.76. The molecular weight excluding hydrogens is 406 g/mol. The van der Waals surface area contributed by atoms with Crippen LogP contribution in [0.2, 0.25) is 0 Å². The highest BCUT2D eigenvalue weighted by Gasteiger charge is 2.35. The van der Waals surface area contributed by atoms with Crippen LogP contribution in [0.3, 0.4) is 0 Å². The second kappa shape index (κ2) is 10.9. The van der Waals surface area contributed by atoms with Crippen LogP contribution in [0.5, 0.6) is 5.88 Å². The van der Waals surface area contributed by atoms with Gasteiger partial charge in [-0.2, -0.15) is 0 Å². The minimum atomic E-state index is -0.474. The molecule has 2 heterocycles. The summed E-state index contributed by atoms with van der Waals surface area (Å²) in [4.78, 5) is 26.3. The molecule has 1 amide bonds. The molecule has 8 nitrogen and oxygen atoms in total. The number of piperidine rings is 1. The number of aromatic nitrogens is 1. The van der Waals surface area contributed by atoms with Gasteiger partial charge in [-0.15, -0.1) is 0 Å². The number of hydrogen-bond donors (Lipinski definition) is 1. The summed E-state index contributed by atoms with van der Waals surface area (Å²) in [5.74, 6) is 2.13. The summed E-state index contributed by atoms with van der Waals surface area (Å²) >= 11 is 0. The maximum atomic E-state index is 12.9. The Balaban J connectivity index is 1.63. The van der Waals surface area contributed by atoms with E-state index in [1.54, 1.807) is 13.3 Å². The van der Waals surface area contributed by atoms with Crippen molar-refractivity contribution in [2.75, 3.05) is 33.3 Å². The normalized spacial score (nSPS) is 17.8. The molecule has 2 aliphatic rings. The average Bonchev–Trinajstić information content (AvgIpc) is 3.58. The molecule has 0 spiro atoms. The Labute approximate surface area is 192 Å². The zero-order valence-electron chi connectivity index (χ0n) is 20.3. The number of nitrogens with zero attached hydrogens (tertiary/aromatic N) is 4. The summed E-state index contributed by atoms with van der Waals surface area (Å²) in [6.07, 6.45) is 5.80. The van der Waals surface area contributed by atoms with Crippen molar-refractivity contribution in [1.82, 2.24) is 20.1 Å². The summed E-state index contributed by atoms with van der Waals surface area (Å²) in [5, 5.41) is 3.41. The standard InChI is InChI=1S/C24H39N5O3/c1-6-25-22(27-16-19-8-7-13-26-21(19)31-5)28-14-11-20(12-15-28)29(17-18-9-10-18)23(30)32-24(2,3)4/h7-8,13,18,20H,6,9-12,14-17H2,1-5H3,(H,25,27). The fourth-order valence-corrected chi connectivity index (χ4v) is 3.98. The molecule has 1 aromatic heterocycles. The van der Waals surface area contributed by atoms with Gasteiger partial charge in [-0.25, -0.2) is 14.8 Å². The van der Waals surface area contributed by atoms with E-state index in [1.807, 2.05) is 37.8 Å². The zero-order valence-corrected chi connectivity index (χ0v) is 20.3. The highest BCUT2D eigenvalue weighted by atomic mass is 16.6. The first-order valence-corrected chi connectivity index (χ1v) is 11.8. The molecule has 1 N–H and O–H groups in total. The molecule has 3 rings (SSSR count). The molecule has 0 unspecified atom stereocenters. The Morgan fingerprint density at radius 3 is 2.59 bits per heavy atom. The number of amides is 1. The number of nitrogens with one attached hydrogen (secondary N) is 1. The van der Waals surface area contributed by atoms with Crippen molar-refractivity contribution in [3.63, 3.8) is 0 Å². The minimum Gasteiger partial charge on any atom is -0.481 e. The van der Waals surface area contributed by atoms with Gasteiger partial charge in [0.2, 0.25) is 5.88 Å². The molecule has 1 aliphatic carbocycles. The molecule has 0 radical (unpaired) electrons. The van der Waals surface area contributed by atoms with Gasteiger partial charge in [0.1, 0.15) is 5.60 Å². The molecule has 1 aliphatic heterocycles. The van der Waals surface area contributed by atoms with E-state index in [2.05, 4.69) is 22.1 Å². The molecule has 178 valence electrons. The van der Waals surface area contributed by atoms with E-state index in [9.17, 15) is 4.79 Å². The van der Waals surface area contributed by atoms with Crippen LogP contribution < -0.4 is 10.1 Å². The van der Waals surface area contributed by atoms with Gasteiger partial charge in [-0.1, -0.05) is 6.07 Å². The number of hydrogen-bond acceptors (Lipinski definition) is 5. The summed E-state index contributed by atoms with van der Waals surface area (Å²) in [6.45, 7) is 11.7. The number of rotatable bonds is 7. The van der Waals surface area contributed by atoms with E-state index >= 15 is 0 Å². The van der Waals surface area contributed by atoms with Crippen molar-refractivity contribution < 1.29 is 14.3 Å². The van der Waals surface area contributed by atoms with Gasteiger partial charge in [0, 0.05) is 44.0 Å². The quantitative estimate of drug-likeness (QED) is 0.510. The van der Waals surface area contributed by atoms with Gasteiger partial charge in [0.15, 0.2) is 5.96 Å². The largest absolute Gasteiger partial charge is 0.481 e. The number of likely N-dealkylation sites (tertiary alicyclic amines) is 1. The summed E-state index contributed by atoms with van der Waals surface area (Å²) in [6, 6.07) is 4.10. The van der Waals surface area contributed by atoms with Crippen molar-refractivity contribution in [3.05, 3.63) is 23.9 Å². The Morgan fingerprint density at radius 2 is 2.00 bits per heavy atom. The van der Waals surface area contributed by atoms with Crippen LogP contribution in [0.4, 0.5) is 4.79 Å². The average molecular weight is 446 g/mol. The van der Waals surface area contributed by atoms with Crippen molar-refractivity contribution in [2.24, 2.45) is 10.9 Å². The third-order valence-electron chi connectivity index (χ3n) is 5.76. The molecule has 2 fully saturated rings. The summed E-state index contributed by atoms with van der Waals surface area (Å²) in [7, 11) is 1.63. The van der Waals surface area contributed by atoms with Gasteiger partial charge >= 0.3 is 6.09 Å². The molecule has 32 heavy (non-hydrogen) atoms. The van der Waals surface area contributed by atoms with Crippen LogP contribution in [-0.4, -0.2) is 71.8 Å². The highest BCUT2D eigenvalue weighted by Crippen LogP contribution is 2.32. The Bertz CT molecular complexity index is 780. The van der Waals surface area contributed by atoms with E-state index in [0.29, 0.717) is 18.3 Å². The van der Waals surface area contributed by atoms with Crippen molar-refractivity contribution in [1.29, 1.82) is 0 Å². The van der Waals surface area contributed by atoms with Gasteiger partial charge in [-0.05, 0) is 65.4 Å². The first kappa shape index (κ1) is 24.1. The molecular formula is C24H39N5O3. The van der Waals surface area contributed by atoms with Crippen LogP contribution >= 0.6 is 0 Å². The van der Waals surface area contributed by atoms with Crippen molar-refractivity contribution in [3.8, 4) is 5.88 Å². The lowest BCUT2D eigenvalue weighted by Gasteiger charge is -2.40. The number of pyridine rings is 1. The lowest BCUT2D eigenvalue weighted by atomic mass is 10.0. The lowest BCUT2D eigenvalue weighted by molar-refractivity contribution is 0.00928. The first-order valence-electron chi connectivity index (χ1n) is 11.8. The number of carbonyl (C=O) groups excluding carboxylic acids is 1. The smallest absolute Gasteiger partial charge is 0.410 e. The second-order valence-electron chi connectivity index (χ2n) is 9.64. The number of aliphatic imine (C=N–C) groups is 1. The van der Waals surface area contributed by atoms with Crippen LogP contribution in [0, 0.1) is 5.92 Å². The lowest BCUT2D eigenvalue weighted by Crippen LogP contribution is -2.52. The summed E-state index contributed by atoms with van der Waals surface area (Å²) in [5.41, 5.74) is 0.485. The predicted molar refractivity (Wildman–Crippen MR) is 126 cm³/mol. The van der Waals surface area contributed by atoms with Crippen LogP contribution in [0.15, 0.2) is 23.3 Å². The van der Waals surface area contributed by atoms with E-state index in [-0.39, 0.29) is 12.1 Å². The molecule has 1 aromatic rings. The predicted octanol–water partition coefficient (Wildman–Crippen LogP) is 3.67. The Morgan fingerprint density at radius 1 is 1.28 bits per heavy atom. The Hall–Kier alpha value is -2.51. The third kappa shape index (κ3) is 7.00. The number of methoxy groups -OCH3 is 1. The van der Waals surface area contributed by atoms with Crippen LogP contribution in [-0.2, 0) is 11.3 Å². The summed E-state index contributed by atoms with van der Waals surface area (Å²) < 4.78 is 11.1. The van der Waals surface area contributed by atoms with Gasteiger partial charge in [-0.3, -0.25) is 0 Å². The van der Waals surface area contributed by atoms with E-state index < -0.39 is 5.60 Å². The molecule has 0 atom stereocenters. The molecule has 1 saturated carbocycles. The van der Waals surface area contributed by atoms with Gasteiger partial charge in [0.25, 0.3) is 0 Å². The van der Waals surface area contributed by atoms with E-state index in [0.717, 1.165) is 50.5 Å². The maximum absolute atomic E-state index is 12.9. The zero-order chi connectivity index (χ0) is 23.1. The highest BCUT2D eigenvalue weighted by molar-refractivity contribution is 5.80. The first-order chi connectivity index (χ1) is 15.3. The minimum absolute atomic E-state index is 0.174. The van der Waals surface area contributed by atoms with E-state index in [4.69, 9.17) is 14.5 Å².